The molecule has 1 N–H and O–H groups in total. The van der Waals surface area contributed by atoms with Crippen molar-refractivity contribution in [1.82, 2.24) is 9.55 Å². The normalized spacial score (nSPS) is 10.6. The number of carbonyl (C=O) groups excluding carboxylic acids is 1. The van der Waals surface area contributed by atoms with Gasteiger partial charge >= 0.3 is 0 Å². The number of nitriles is 1. The van der Waals surface area contributed by atoms with Crippen LogP contribution < -0.4 is 5.32 Å². The zero-order valence-corrected chi connectivity index (χ0v) is 15.6. The highest BCUT2D eigenvalue weighted by molar-refractivity contribution is 6.06. The van der Waals surface area contributed by atoms with Gasteiger partial charge in [0, 0.05) is 34.3 Å². The van der Waals surface area contributed by atoms with Gasteiger partial charge in [0.05, 0.1) is 22.7 Å². The lowest BCUT2D eigenvalue weighted by molar-refractivity contribution is 0.102. The summed E-state index contributed by atoms with van der Waals surface area (Å²) < 4.78 is 2.01. The third-order valence-corrected chi connectivity index (χ3v) is 4.79. The number of nitrogens with zero attached hydrogens (tertiary/aromatic N) is 3. The number of fused-ring (bicyclic) bond motifs is 1. The average Bonchev–Trinajstić information content (AvgIpc) is 3.02. The molecule has 0 saturated heterocycles. The molecule has 4 aromatic rings. The molecule has 5 heteroatoms. The summed E-state index contributed by atoms with van der Waals surface area (Å²) in [6.45, 7) is 3.88. The van der Waals surface area contributed by atoms with E-state index in [0.29, 0.717) is 11.1 Å². The fourth-order valence-corrected chi connectivity index (χ4v) is 3.43. The van der Waals surface area contributed by atoms with Crippen LogP contribution in [0.15, 0.2) is 66.9 Å². The monoisotopic (exact) mass is 366 g/mol. The first-order chi connectivity index (χ1) is 13.6. The maximum absolute atomic E-state index is 12.9. The Hall–Kier alpha value is -3.91. The second-order valence-corrected chi connectivity index (χ2v) is 6.64. The number of aryl methyl sites for hydroxylation is 1. The molecule has 5 nitrogen and oxygen atoms in total. The van der Waals surface area contributed by atoms with Crippen molar-refractivity contribution in [1.29, 1.82) is 5.26 Å². The lowest BCUT2D eigenvalue weighted by Crippen LogP contribution is -2.13. The summed E-state index contributed by atoms with van der Waals surface area (Å²) >= 11 is 0. The average molecular weight is 366 g/mol. The molecule has 0 unspecified atom stereocenters. The first-order valence-corrected chi connectivity index (χ1v) is 8.92. The van der Waals surface area contributed by atoms with Gasteiger partial charge in [0.2, 0.25) is 0 Å². The summed E-state index contributed by atoms with van der Waals surface area (Å²) in [6.07, 6.45) is 1.75. The van der Waals surface area contributed by atoms with Crippen LogP contribution in [-0.4, -0.2) is 15.5 Å². The van der Waals surface area contributed by atoms with E-state index in [0.717, 1.165) is 33.7 Å². The van der Waals surface area contributed by atoms with Crippen molar-refractivity contribution >= 4 is 22.5 Å². The Bertz CT molecular complexity index is 1230. The number of nitrogens with one attached hydrogen (secondary N) is 1. The van der Waals surface area contributed by atoms with E-state index in [1.54, 1.807) is 18.3 Å². The van der Waals surface area contributed by atoms with E-state index in [1.807, 2.05) is 66.9 Å². The van der Waals surface area contributed by atoms with Crippen molar-refractivity contribution in [2.45, 2.75) is 13.8 Å². The number of benzene rings is 2. The van der Waals surface area contributed by atoms with Gasteiger partial charge < -0.3 is 9.88 Å². The van der Waals surface area contributed by atoms with Crippen molar-refractivity contribution in [3.8, 4) is 11.8 Å². The minimum absolute atomic E-state index is 0.156. The summed E-state index contributed by atoms with van der Waals surface area (Å²) in [5, 5.41) is 12.9. The van der Waals surface area contributed by atoms with Crippen LogP contribution >= 0.6 is 0 Å². The summed E-state index contributed by atoms with van der Waals surface area (Å²) in [7, 11) is 0. The number of carbonyl (C=O) groups is 1. The smallest absolute Gasteiger partial charge is 0.257 e. The maximum atomic E-state index is 12.9. The van der Waals surface area contributed by atoms with Gasteiger partial charge in [0.1, 0.15) is 0 Å². The predicted molar refractivity (Wildman–Crippen MR) is 110 cm³/mol. The number of rotatable bonds is 3. The van der Waals surface area contributed by atoms with Gasteiger partial charge in [0.15, 0.2) is 0 Å². The molecule has 2 aromatic heterocycles. The molecular formula is C23H18N4O. The number of pyridine rings is 1. The lowest BCUT2D eigenvalue weighted by atomic mass is 10.2. The lowest BCUT2D eigenvalue weighted by Gasteiger charge is -2.10. The van der Waals surface area contributed by atoms with Crippen molar-refractivity contribution in [3.63, 3.8) is 0 Å². The Morgan fingerprint density at radius 1 is 1.07 bits per heavy atom. The molecule has 1 amide bonds. The van der Waals surface area contributed by atoms with E-state index in [2.05, 4.69) is 16.4 Å². The van der Waals surface area contributed by atoms with Gasteiger partial charge in [-0.2, -0.15) is 5.26 Å². The molecule has 2 heterocycles. The molecule has 0 atom stereocenters. The fraction of sp³-hybridized carbons (Fsp3) is 0.0870. The largest absolute Gasteiger partial charge is 0.322 e. The highest BCUT2D eigenvalue weighted by Crippen LogP contribution is 2.23. The minimum atomic E-state index is -0.156. The van der Waals surface area contributed by atoms with Gasteiger partial charge in [0.25, 0.3) is 5.91 Å². The van der Waals surface area contributed by atoms with E-state index < -0.39 is 0 Å². The molecule has 28 heavy (non-hydrogen) atoms. The molecule has 0 fully saturated rings. The van der Waals surface area contributed by atoms with Crippen molar-refractivity contribution < 1.29 is 4.79 Å². The SMILES string of the molecule is Cc1cc(C(=O)Nc2ccc3ncccc3c2)c(C)n1-c1ccc(C#N)cc1. The number of hydrogen-bond acceptors (Lipinski definition) is 3. The molecule has 2 aromatic carbocycles. The van der Waals surface area contributed by atoms with E-state index >= 15 is 0 Å². The molecule has 0 radical (unpaired) electrons. The molecule has 0 spiro atoms. The Morgan fingerprint density at radius 2 is 1.86 bits per heavy atom. The molecule has 0 saturated carbocycles. The first-order valence-electron chi connectivity index (χ1n) is 8.92. The first kappa shape index (κ1) is 17.5. The van der Waals surface area contributed by atoms with Crippen LogP contribution in [0.25, 0.3) is 16.6 Å². The maximum Gasteiger partial charge on any atom is 0.257 e. The Morgan fingerprint density at radius 3 is 2.61 bits per heavy atom. The third kappa shape index (κ3) is 3.12. The second kappa shape index (κ2) is 7.01. The molecular weight excluding hydrogens is 348 g/mol. The number of aromatic nitrogens is 2. The molecule has 0 aliphatic carbocycles. The molecule has 0 aliphatic heterocycles. The highest BCUT2D eigenvalue weighted by Gasteiger charge is 2.17. The van der Waals surface area contributed by atoms with Crippen LogP contribution in [-0.2, 0) is 0 Å². The Balaban J connectivity index is 1.65. The molecule has 0 bridgehead atoms. The number of anilines is 1. The third-order valence-electron chi connectivity index (χ3n) is 4.79. The summed E-state index contributed by atoms with van der Waals surface area (Å²) in [5.41, 5.74) is 5.57. The van der Waals surface area contributed by atoms with Gasteiger partial charge in [-0.25, -0.2) is 0 Å². The number of hydrogen-bond donors (Lipinski definition) is 1. The zero-order valence-electron chi connectivity index (χ0n) is 15.6. The van der Waals surface area contributed by atoms with Crippen LogP contribution in [0, 0.1) is 25.2 Å². The van der Waals surface area contributed by atoms with E-state index in [4.69, 9.17) is 5.26 Å². The summed E-state index contributed by atoms with van der Waals surface area (Å²) in [4.78, 5) is 17.2. The van der Waals surface area contributed by atoms with Crippen molar-refractivity contribution in [2.75, 3.05) is 5.32 Å². The quantitative estimate of drug-likeness (QED) is 0.568. The topological polar surface area (TPSA) is 70.7 Å². The van der Waals surface area contributed by atoms with Gasteiger partial charge in [-0.1, -0.05) is 6.07 Å². The van der Waals surface area contributed by atoms with Gasteiger partial charge in [-0.05, 0) is 68.4 Å². The van der Waals surface area contributed by atoms with Crippen LogP contribution in [0.4, 0.5) is 5.69 Å². The van der Waals surface area contributed by atoms with Gasteiger partial charge in [-0.15, -0.1) is 0 Å². The van der Waals surface area contributed by atoms with E-state index in [1.165, 1.54) is 0 Å². The van der Waals surface area contributed by atoms with Crippen molar-refractivity contribution in [2.24, 2.45) is 0 Å². The predicted octanol–water partition coefficient (Wildman–Crippen LogP) is 4.77. The second-order valence-electron chi connectivity index (χ2n) is 6.64. The highest BCUT2D eigenvalue weighted by atomic mass is 16.1. The minimum Gasteiger partial charge on any atom is -0.322 e. The zero-order chi connectivity index (χ0) is 19.7. The number of amides is 1. The van der Waals surface area contributed by atoms with Crippen LogP contribution in [0.2, 0.25) is 0 Å². The van der Waals surface area contributed by atoms with Crippen LogP contribution in [0.1, 0.15) is 27.3 Å². The molecule has 4 rings (SSSR count). The Kier molecular flexibility index (Phi) is 4.38. The molecule has 0 aliphatic rings. The summed E-state index contributed by atoms with van der Waals surface area (Å²) in [6, 6.07) is 20.8. The van der Waals surface area contributed by atoms with Crippen LogP contribution in [0.5, 0.6) is 0 Å². The standard InChI is InChI=1S/C23H18N4O/c1-15-12-21(16(2)27(15)20-8-5-17(14-24)6-9-20)23(28)26-19-7-10-22-18(13-19)4-3-11-25-22/h3-13H,1-2H3,(H,26,28). The van der Waals surface area contributed by atoms with Crippen molar-refractivity contribution in [3.05, 3.63) is 89.4 Å². The van der Waals surface area contributed by atoms with Gasteiger partial charge in [-0.3, -0.25) is 9.78 Å². The fourth-order valence-electron chi connectivity index (χ4n) is 3.43. The Labute approximate surface area is 162 Å². The van der Waals surface area contributed by atoms with E-state index in [-0.39, 0.29) is 5.91 Å². The van der Waals surface area contributed by atoms with Crippen LogP contribution in [0.3, 0.4) is 0 Å². The van der Waals surface area contributed by atoms with E-state index in [9.17, 15) is 4.79 Å². The molecule has 136 valence electrons. The summed E-state index contributed by atoms with van der Waals surface area (Å²) in [5.74, 6) is -0.156.